The molecule has 1 aromatic heterocycles. The smallest absolute Gasteiger partial charge is 0.222 e. The van der Waals surface area contributed by atoms with Crippen molar-refractivity contribution < 1.29 is 4.74 Å². The summed E-state index contributed by atoms with van der Waals surface area (Å²) in [6.45, 7) is 4.69. The Morgan fingerprint density at radius 1 is 1.00 bits per heavy atom. The second-order valence-electron chi connectivity index (χ2n) is 5.36. The van der Waals surface area contributed by atoms with Crippen LogP contribution in [0.4, 0.5) is 5.95 Å². The molecule has 0 bridgehead atoms. The van der Waals surface area contributed by atoms with Crippen molar-refractivity contribution in [1.82, 2.24) is 9.97 Å². The number of hydrogen-bond acceptors (Lipinski definition) is 4. The van der Waals surface area contributed by atoms with E-state index in [2.05, 4.69) is 33.5 Å². The van der Waals surface area contributed by atoms with Gasteiger partial charge in [0.1, 0.15) is 5.75 Å². The first-order valence-electron chi connectivity index (χ1n) is 7.42. The van der Waals surface area contributed by atoms with Crippen molar-refractivity contribution in [2.24, 2.45) is 0 Å². The monoisotopic (exact) mass is 293 g/mol. The number of hydrogen-bond donors (Lipinski definition) is 1. The van der Waals surface area contributed by atoms with E-state index < -0.39 is 0 Å². The fraction of sp³-hybridized carbons (Fsp3) is 0.222. The third-order valence-electron chi connectivity index (χ3n) is 3.35. The van der Waals surface area contributed by atoms with E-state index in [0.29, 0.717) is 12.5 Å². The van der Waals surface area contributed by atoms with E-state index in [1.165, 1.54) is 10.8 Å². The van der Waals surface area contributed by atoms with Crippen LogP contribution in [0, 0.1) is 0 Å². The molecule has 0 atom stereocenters. The first-order chi connectivity index (χ1) is 10.7. The summed E-state index contributed by atoms with van der Waals surface area (Å²) >= 11 is 0. The van der Waals surface area contributed by atoms with Crippen molar-refractivity contribution >= 4 is 16.7 Å². The standard InChI is InChI=1S/C18H19N3O/c1-13(2)22-17-9-8-14-6-3-4-7-15(14)16(17)12-21-18-19-10-5-11-20-18/h3-11,13H,12H2,1-2H3,(H,19,20,21). The maximum absolute atomic E-state index is 5.96. The number of nitrogens with one attached hydrogen (secondary N) is 1. The van der Waals surface area contributed by atoms with Crippen LogP contribution in [-0.2, 0) is 6.54 Å². The zero-order valence-electron chi connectivity index (χ0n) is 12.8. The van der Waals surface area contributed by atoms with Crippen LogP contribution in [0.1, 0.15) is 19.4 Å². The van der Waals surface area contributed by atoms with Gasteiger partial charge >= 0.3 is 0 Å². The Bertz CT molecular complexity index is 757. The van der Waals surface area contributed by atoms with Crippen LogP contribution in [0.2, 0.25) is 0 Å². The summed E-state index contributed by atoms with van der Waals surface area (Å²) in [7, 11) is 0. The van der Waals surface area contributed by atoms with Crippen LogP contribution >= 0.6 is 0 Å². The van der Waals surface area contributed by atoms with Gasteiger partial charge < -0.3 is 10.1 Å². The van der Waals surface area contributed by atoms with E-state index in [1.54, 1.807) is 18.5 Å². The Morgan fingerprint density at radius 3 is 2.55 bits per heavy atom. The van der Waals surface area contributed by atoms with Crippen molar-refractivity contribution in [1.29, 1.82) is 0 Å². The second kappa shape index (κ2) is 6.43. The molecule has 1 heterocycles. The molecule has 0 amide bonds. The van der Waals surface area contributed by atoms with Crippen LogP contribution in [0.3, 0.4) is 0 Å². The number of anilines is 1. The molecular formula is C18H19N3O. The van der Waals surface area contributed by atoms with Gasteiger partial charge in [0.2, 0.25) is 5.95 Å². The maximum atomic E-state index is 5.96. The summed E-state index contributed by atoms with van der Waals surface area (Å²) in [6, 6.07) is 14.2. The second-order valence-corrected chi connectivity index (χ2v) is 5.36. The lowest BCUT2D eigenvalue weighted by atomic mass is 10.0. The molecule has 112 valence electrons. The first kappa shape index (κ1) is 14.3. The molecule has 0 saturated heterocycles. The largest absolute Gasteiger partial charge is 0.491 e. The quantitative estimate of drug-likeness (QED) is 0.771. The van der Waals surface area contributed by atoms with Gasteiger partial charge in [-0.05, 0) is 36.8 Å². The highest BCUT2D eigenvalue weighted by Gasteiger charge is 2.10. The van der Waals surface area contributed by atoms with Crippen LogP contribution in [0.25, 0.3) is 10.8 Å². The summed E-state index contributed by atoms with van der Waals surface area (Å²) in [5, 5.41) is 5.65. The third kappa shape index (κ3) is 3.17. The van der Waals surface area contributed by atoms with Crippen molar-refractivity contribution in [3.63, 3.8) is 0 Å². The molecule has 0 aliphatic heterocycles. The van der Waals surface area contributed by atoms with Crippen LogP contribution < -0.4 is 10.1 Å². The summed E-state index contributed by atoms with van der Waals surface area (Å²) < 4.78 is 5.96. The van der Waals surface area contributed by atoms with E-state index in [0.717, 1.165) is 11.3 Å². The third-order valence-corrected chi connectivity index (χ3v) is 3.35. The molecule has 0 aliphatic rings. The van der Waals surface area contributed by atoms with E-state index >= 15 is 0 Å². The molecule has 0 saturated carbocycles. The lowest BCUT2D eigenvalue weighted by Gasteiger charge is -2.17. The number of nitrogens with zero attached hydrogens (tertiary/aromatic N) is 2. The van der Waals surface area contributed by atoms with Gasteiger partial charge in [0.25, 0.3) is 0 Å². The zero-order chi connectivity index (χ0) is 15.4. The fourth-order valence-electron chi connectivity index (χ4n) is 2.42. The Labute approximate surface area is 130 Å². The molecule has 0 fully saturated rings. The normalized spacial score (nSPS) is 10.9. The molecule has 1 N–H and O–H groups in total. The van der Waals surface area contributed by atoms with Crippen molar-refractivity contribution in [3.8, 4) is 5.75 Å². The minimum atomic E-state index is 0.132. The summed E-state index contributed by atoms with van der Waals surface area (Å²) in [5.41, 5.74) is 1.12. The maximum Gasteiger partial charge on any atom is 0.222 e. The first-order valence-corrected chi connectivity index (χ1v) is 7.42. The van der Waals surface area contributed by atoms with Crippen LogP contribution in [-0.4, -0.2) is 16.1 Å². The number of aromatic nitrogens is 2. The van der Waals surface area contributed by atoms with Crippen molar-refractivity contribution in [2.45, 2.75) is 26.5 Å². The predicted octanol–water partition coefficient (Wildman–Crippen LogP) is 4.03. The highest BCUT2D eigenvalue weighted by atomic mass is 16.5. The lowest BCUT2D eigenvalue weighted by Crippen LogP contribution is -2.10. The number of ether oxygens (including phenoxy) is 1. The van der Waals surface area contributed by atoms with E-state index in [-0.39, 0.29) is 6.10 Å². The average Bonchev–Trinajstić information content (AvgIpc) is 2.54. The van der Waals surface area contributed by atoms with E-state index in [1.807, 2.05) is 32.0 Å². The van der Waals surface area contributed by atoms with Crippen LogP contribution in [0.15, 0.2) is 54.9 Å². The van der Waals surface area contributed by atoms with Gasteiger partial charge in [0.05, 0.1) is 6.10 Å². The van der Waals surface area contributed by atoms with Crippen molar-refractivity contribution in [2.75, 3.05) is 5.32 Å². The summed E-state index contributed by atoms with van der Waals surface area (Å²) in [6.07, 6.45) is 3.58. The molecule has 0 spiro atoms. The van der Waals surface area contributed by atoms with Gasteiger partial charge in [0.15, 0.2) is 0 Å². The summed E-state index contributed by atoms with van der Waals surface area (Å²) in [4.78, 5) is 8.40. The average molecular weight is 293 g/mol. The minimum absolute atomic E-state index is 0.132. The number of fused-ring (bicyclic) bond motifs is 1. The van der Waals surface area contributed by atoms with E-state index in [4.69, 9.17) is 4.74 Å². The molecule has 0 unspecified atom stereocenters. The number of benzene rings is 2. The molecule has 0 aliphatic carbocycles. The van der Waals surface area contributed by atoms with Gasteiger partial charge in [-0.15, -0.1) is 0 Å². The Hall–Kier alpha value is -2.62. The Morgan fingerprint density at radius 2 is 1.77 bits per heavy atom. The molecule has 3 rings (SSSR count). The Kier molecular flexibility index (Phi) is 4.19. The number of rotatable bonds is 5. The molecular weight excluding hydrogens is 274 g/mol. The highest BCUT2D eigenvalue weighted by molar-refractivity contribution is 5.88. The van der Waals surface area contributed by atoms with Gasteiger partial charge in [-0.2, -0.15) is 0 Å². The lowest BCUT2D eigenvalue weighted by molar-refractivity contribution is 0.240. The molecule has 22 heavy (non-hydrogen) atoms. The molecule has 4 nitrogen and oxygen atoms in total. The predicted molar refractivity (Wildman–Crippen MR) is 89.1 cm³/mol. The SMILES string of the molecule is CC(C)Oc1ccc2ccccc2c1CNc1ncccn1. The van der Waals surface area contributed by atoms with Crippen LogP contribution in [0.5, 0.6) is 5.75 Å². The molecule has 3 aromatic rings. The van der Waals surface area contributed by atoms with Gasteiger partial charge in [0, 0.05) is 24.5 Å². The zero-order valence-corrected chi connectivity index (χ0v) is 12.8. The minimum Gasteiger partial charge on any atom is -0.491 e. The van der Waals surface area contributed by atoms with Gasteiger partial charge in [-0.1, -0.05) is 30.3 Å². The summed E-state index contributed by atoms with van der Waals surface area (Å²) in [5.74, 6) is 1.52. The van der Waals surface area contributed by atoms with Gasteiger partial charge in [-0.3, -0.25) is 0 Å². The molecule has 4 heteroatoms. The molecule has 2 aromatic carbocycles. The fourth-order valence-corrected chi connectivity index (χ4v) is 2.42. The Balaban J connectivity index is 1.96. The van der Waals surface area contributed by atoms with Gasteiger partial charge in [-0.25, -0.2) is 9.97 Å². The molecule has 0 radical (unpaired) electrons. The topological polar surface area (TPSA) is 47.0 Å². The highest BCUT2D eigenvalue weighted by Crippen LogP contribution is 2.29. The van der Waals surface area contributed by atoms with E-state index in [9.17, 15) is 0 Å². The van der Waals surface area contributed by atoms with Crippen molar-refractivity contribution in [3.05, 3.63) is 60.4 Å².